The number of benzene rings is 1. The second kappa shape index (κ2) is 11.6. The number of nitrogens with one attached hydrogen (secondary N) is 1. The van der Waals surface area contributed by atoms with Gasteiger partial charge in [0.15, 0.2) is 0 Å². The number of carbonyl (C=O) groups excluding carboxylic acids is 1. The maximum absolute atomic E-state index is 12.4. The van der Waals surface area contributed by atoms with Crippen molar-refractivity contribution >= 4 is 42.1 Å². The lowest BCUT2D eigenvalue weighted by atomic mass is 10.00. The lowest BCUT2D eigenvalue weighted by Crippen LogP contribution is -2.45. The molecule has 5 nitrogen and oxygen atoms in total. The average Bonchev–Trinajstić information content (AvgIpc) is 3.12. The van der Waals surface area contributed by atoms with E-state index in [9.17, 15) is 4.79 Å². The molecule has 1 atom stereocenters. The quantitative estimate of drug-likeness (QED) is 0.735. The number of nitrogens with zero attached hydrogens (tertiary/aromatic N) is 2. The molecule has 1 amide bonds. The molecule has 2 aromatic rings. The number of hydrogen-bond acceptors (Lipinski definition) is 5. The van der Waals surface area contributed by atoms with Crippen molar-refractivity contribution in [1.82, 2.24) is 15.2 Å². The van der Waals surface area contributed by atoms with Crippen LogP contribution in [0.3, 0.4) is 0 Å². The maximum atomic E-state index is 12.4. The van der Waals surface area contributed by atoms with Gasteiger partial charge in [-0.3, -0.25) is 9.69 Å². The molecule has 1 unspecified atom stereocenters. The Bertz CT molecular complexity index is 690. The Morgan fingerprint density at radius 2 is 1.96 bits per heavy atom. The predicted molar refractivity (Wildman–Crippen MR) is 116 cm³/mol. The number of halogens is 2. The normalized spacial score (nSPS) is 16.1. The molecule has 1 fully saturated rings. The van der Waals surface area contributed by atoms with Gasteiger partial charge in [-0.05, 0) is 31.9 Å². The van der Waals surface area contributed by atoms with E-state index in [2.05, 4.69) is 52.5 Å². The summed E-state index contributed by atoms with van der Waals surface area (Å²) in [6.45, 7) is 4.81. The molecule has 1 aliphatic rings. The van der Waals surface area contributed by atoms with E-state index in [-0.39, 0.29) is 36.8 Å². The van der Waals surface area contributed by atoms with Gasteiger partial charge in [0.1, 0.15) is 5.69 Å². The van der Waals surface area contributed by atoms with Crippen LogP contribution < -0.4 is 11.1 Å². The molecule has 3 rings (SSSR count). The van der Waals surface area contributed by atoms with E-state index in [1.165, 1.54) is 16.9 Å². The third kappa shape index (κ3) is 6.43. The van der Waals surface area contributed by atoms with Gasteiger partial charge in [-0.1, -0.05) is 30.3 Å². The number of amides is 1. The van der Waals surface area contributed by atoms with Crippen LogP contribution in [0.1, 0.15) is 46.9 Å². The summed E-state index contributed by atoms with van der Waals surface area (Å²) in [5.74, 6) is -0.0610. The van der Waals surface area contributed by atoms with E-state index >= 15 is 0 Å². The number of thiazole rings is 1. The van der Waals surface area contributed by atoms with Gasteiger partial charge in [-0.15, -0.1) is 36.2 Å². The number of hydrogen-bond donors (Lipinski definition) is 2. The molecule has 1 aromatic heterocycles. The fourth-order valence-corrected chi connectivity index (χ4v) is 4.08. The maximum Gasteiger partial charge on any atom is 0.270 e. The minimum Gasteiger partial charge on any atom is -0.348 e. The molecular weight excluding hydrogens is 403 g/mol. The Morgan fingerprint density at radius 3 is 2.59 bits per heavy atom. The summed E-state index contributed by atoms with van der Waals surface area (Å²) in [7, 11) is 0. The molecule has 0 radical (unpaired) electrons. The van der Waals surface area contributed by atoms with Gasteiger partial charge in [0.05, 0.1) is 5.01 Å². The smallest absolute Gasteiger partial charge is 0.270 e. The van der Waals surface area contributed by atoms with Crippen molar-refractivity contribution in [1.29, 1.82) is 0 Å². The molecular formula is C19H28Cl2N4OS. The van der Waals surface area contributed by atoms with Crippen molar-refractivity contribution in [2.45, 2.75) is 38.3 Å². The lowest BCUT2D eigenvalue weighted by molar-refractivity contribution is 0.0891. The fraction of sp³-hybridized carbons (Fsp3) is 0.474. The summed E-state index contributed by atoms with van der Waals surface area (Å²) in [4.78, 5) is 19.2. The summed E-state index contributed by atoms with van der Waals surface area (Å²) in [6, 6.07) is 11.2. The number of aromatic nitrogens is 1. The van der Waals surface area contributed by atoms with Crippen molar-refractivity contribution in [3.8, 4) is 0 Å². The molecule has 8 heteroatoms. The number of carbonyl (C=O) groups is 1. The SMILES string of the molecule is CC(c1ccccc1)N1CCC(NC(=O)c2csc(CCN)n2)CC1.Cl.Cl. The lowest BCUT2D eigenvalue weighted by Gasteiger charge is -2.36. The van der Waals surface area contributed by atoms with Crippen LogP contribution >= 0.6 is 36.2 Å². The van der Waals surface area contributed by atoms with E-state index in [0.717, 1.165) is 37.4 Å². The van der Waals surface area contributed by atoms with Crippen LogP contribution in [-0.4, -0.2) is 41.5 Å². The minimum absolute atomic E-state index is 0. The van der Waals surface area contributed by atoms with Crippen LogP contribution in [0.15, 0.2) is 35.7 Å². The highest BCUT2D eigenvalue weighted by molar-refractivity contribution is 7.09. The Balaban J connectivity index is 0.00000182. The molecule has 0 bridgehead atoms. The Kier molecular flexibility index (Phi) is 10.3. The second-order valence-corrected chi connectivity index (χ2v) is 7.48. The molecule has 3 N–H and O–H groups in total. The van der Waals surface area contributed by atoms with Crippen molar-refractivity contribution < 1.29 is 4.79 Å². The molecule has 1 saturated heterocycles. The van der Waals surface area contributed by atoms with Gasteiger partial charge in [-0.25, -0.2) is 4.98 Å². The highest BCUT2D eigenvalue weighted by Crippen LogP contribution is 2.24. The minimum atomic E-state index is -0.0610. The van der Waals surface area contributed by atoms with Crippen LogP contribution in [0.2, 0.25) is 0 Å². The van der Waals surface area contributed by atoms with Gasteiger partial charge in [0, 0.05) is 37.0 Å². The third-order valence-electron chi connectivity index (χ3n) is 4.84. The summed E-state index contributed by atoms with van der Waals surface area (Å²) in [5, 5.41) is 5.89. The van der Waals surface area contributed by atoms with Crippen LogP contribution in [0, 0.1) is 0 Å². The highest BCUT2D eigenvalue weighted by atomic mass is 35.5. The zero-order valence-corrected chi connectivity index (χ0v) is 17.9. The van der Waals surface area contributed by atoms with Crippen LogP contribution in [0.5, 0.6) is 0 Å². The van der Waals surface area contributed by atoms with Crippen molar-refractivity contribution in [3.05, 3.63) is 52.0 Å². The zero-order chi connectivity index (χ0) is 17.6. The Hall–Kier alpha value is -1.18. The van der Waals surface area contributed by atoms with E-state index in [1.807, 2.05) is 5.38 Å². The molecule has 0 aliphatic carbocycles. The van der Waals surface area contributed by atoms with Gasteiger partial charge in [-0.2, -0.15) is 0 Å². The number of piperidine rings is 1. The number of nitrogens with two attached hydrogens (primary N) is 1. The van der Waals surface area contributed by atoms with E-state index in [0.29, 0.717) is 18.3 Å². The molecule has 150 valence electrons. The topological polar surface area (TPSA) is 71.2 Å². The monoisotopic (exact) mass is 430 g/mol. The van der Waals surface area contributed by atoms with Crippen molar-refractivity contribution in [3.63, 3.8) is 0 Å². The molecule has 1 aromatic carbocycles. The number of rotatable bonds is 6. The first-order valence-electron chi connectivity index (χ1n) is 8.91. The molecule has 2 heterocycles. The van der Waals surface area contributed by atoms with E-state index < -0.39 is 0 Å². The number of likely N-dealkylation sites (tertiary alicyclic amines) is 1. The van der Waals surface area contributed by atoms with Gasteiger partial charge >= 0.3 is 0 Å². The largest absolute Gasteiger partial charge is 0.348 e. The van der Waals surface area contributed by atoms with Crippen LogP contribution in [-0.2, 0) is 6.42 Å². The van der Waals surface area contributed by atoms with Crippen molar-refractivity contribution in [2.24, 2.45) is 5.73 Å². The fourth-order valence-electron chi connectivity index (χ4n) is 3.29. The summed E-state index contributed by atoms with van der Waals surface area (Å²) < 4.78 is 0. The van der Waals surface area contributed by atoms with Gasteiger partial charge in [0.2, 0.25) is 0 Å². The van der Waals surface area contributed by atoms with Crippen LogP contribution in [0.25, 0.3) is 0 Å². The van der Waals surface area contributed by atoms with E-state index in [1.54, 1.807) is 0 Å². The van der Waals surface area contributed by atoms with Gasteiger partial charge < -0.3 is 11.1 Å². The van der Waals surface area contributed by atoms with E-state index in [4.69, 9.17) is 5.73 Å². The average molecular weight is 431 g/mol. The zero-order valence-electron chi connectivity index (χ0n) is 15.5. The molecule has 1 aliphatic heterocycles. The highest BCUT2D eigenvalue weighted by Gasteiger charge is 2.25. The second-order valence-electron chi connectivity index (χ2n) is 6.54. The first kappa shape index (κ1) is 23.9. The summed E-state index contributed by atoms with van der Waals surface area (Å²) in [6.07, 6.45) is 2.68. The molecule has 0 saturated carbocycles. The predicted octanol–water partition coefficient (Wildman–Crippen LogP) is 3.44. The first-order chi connectivity index (χ1) is 12.2. The standard InChI is InChI=1S/C19H26N4OS.2ClH/c1-14(15-5-3-2-4-6-15)23-11-8-16(9-12-23)21-19(24)17-13-25-18(22-17)7-10-20;;/h2-6,13-14,16H,7-12,20H2,1H3,(H,21,24);2*1H. The Morgan fingerprint density at radius 1 is 1.30 bits per heavy atom. The third-order valence-corrected chi connectivity index (χ3v) is 5.75. The van der Waals surface area contributed by atoms with Crippen LogP contribution in [0.4, 0.5) is 0 Å². The first-order valence-corrected chi connectivity index (χ1v) is 9.79. The van der Waals surface area contributed by atoms with Crippen molar-refractivity contribution in [2.75, 3.05) is 19.6 Å². The van der Waals surface area contributed by atoms with Gasteiger partial charge in [0.25, 0.3) is 5.91 Å². The summed E-state index contributed by atoms with van der Waals surface area (Å²) in [5.41, 5.74) is 7.41. The Labute approximate surface area is 177 Å². The molecule has 27 heavy (non-hydrogen) atoms. The summed E-state index contributed by atoms with van der Waals surface area (Å²) >= 11 is 1.51. The molecule has 0 spiro atoms.